The molecule has 104 valence electrons. The van der Waals surface area contributed by atoms with Crippen LogP contribution in [0.15, 0.2) is 22.8 Å². The molecule has 1 aromatic heterocycles. The highest BCUT2D eigenvalue weighted by molar-refractivity contribution is 7.89. The Labute approximate surface area is 122 Å². The molecule has 0 spiro atoms. The summed E-state index contributed by atoms with van der Waals surface area (Å²) in [6.45, 7) is 0.153. The van der Waals surface area contributed by atoms with Crippen LogP contribution in [-0.4, -0.2) is 18.0 Å². The van der Waals surface area contributed by atoms with E-state index in [9.17, 15) is 8.42 Å². The lowest BCUT2D eigenvalue weighted by Gasteiger charge is -2.10. The average molecular weight is 335 g/mol. The minimum absolute atomic E-state index is 0.00839. The maximum atomic E-state index is 11.6. The SMILES string of the molecule is O=S(=O)(CCCCC(Cl)(Cl)Cl)NCc1ccco1. The molecule has 0 aliphatic heterocycles. The second kappa shape index (κ2) is 7.01. The summed E-state index contributed by atoms with van der Waals surface area (Å²) in [4.78, 5) is 0. The van der Waals surface area contributed by atoms with Crippen molar-refractivity contribution in [2.24, 2.45) is 0 Å². The lowest BCUT2D eigenvalue weighted by molar-refractivity contribution is 0.498. The Balaban J connectivity index is 2.23. The highest BCUT2D eigenvalue weighted by atomic mass is 35.6. The number of hydrogen-bond donors (Lipinski definition) is 1. The molecule has 0 bridgehead atoms. The highest BCUT2D eigenvalue weighted by Crippen LogP contribution is 2.31. The van der Waals surface area contributed by atoms with Gasteiger partial charge in [0, 0.05) is 0 Å². The summed E-state index contributed by atoms with van der Waals surface area (Å²) < 4.78 is 29.3. The first-order chi connectivity index (χ1) is 8.29. The number of furan rings is 1. The Morgan fingerprint density at radius 3 is 2.56 bits per heavy atom. The smallest absolute Gasteiger partial charge is 0.212 e. The third-order valence-corrected chi connectivity index (χ3v) is 4.15. The summed E-state index contributed by atoms with van der Waals surface area (Å²) in [6, 6.07) is 3.40. The zero-order valence-corrected chi connectivity index (χ0v) is 12.6. The summed E-state index contributed by atoms with van der Waals surface area (Å²) in [6.07, 6.45) is 2.82. The Kier molecular flexibility index (Phi) is 6.27. The normalized spacial score (nSPS) is 12.8. The lowest BCUT2D eigenvalue weighted by Crippen LogP contribution is -2.25. The molecule has 1 heterocycles. The van der Waals surface area contributed by atoms with E-state index in [0.717, 1.165) is 0 Å². The number of rotatable bonds is 7. The van der Waals surface area contributed by atoms with Gasteiger partial charge in [-0.25, -0.2) is 13.1 Å². The fraction of sp³-hybridized carbons (Fsp3) is 0.600. The molecule has 18 heavy (non-hydrogen) atoms. The molecule has 1 rings (SSSR count). The van der Waals surface area contributed by atoms with E-state index in [0.29, 0.717) is 25.0 Å². The molecule has 0 aromatic carbocycles. The Bertz CT molecular complexity index is 439. The maximum absolute atomic E-state index is 11.6. The van der Waals surface area contributed by atoms with Crippen LogP contribution in [0.1, 0.15) is 25.0 Å². The van der Waals surface area contributed by atoms with Crippen molar-refractivity contribution in [1.29, 1.82) is 0 Å². The zero-order valence-electron chi connectivity index (χ0n) is 9.53. The summed E-state index contributed by atoms with van der Waals surface area (Å²) in [5, 5.41) is 0. The second-order valence-electron chi connectivity index (χ2n) is 3.79. The first-order valence-corrected chi connectivity index (χ1v) is 8.14. The fourth-order valence-corrected chi connectivity index (χ4v) is 2.78. The monoisotopic (exact) mass is 333 g/mol. The van der Waals surface area contributed by atoms with Crippen molar-refractivity contribution in [3.63, 3.8) is 0 Å². The zero-order chi connectivity index (χ0) is 13.6. The molecular weight excluding hydrogens is 321 g/mol. The lowest BCUT2D eigenvalue weighted by atomic mass is 10.3. The van der Waals surface area contributed by atoms with E-state index in [1.165, 1.54) is 6.26 Å². The molecule has 0 aliphatic carbocycles. The molecule has 0 amide bonds. The minimum Gasteiger partial charge on any atom is -0.468 e. The predicted octanol–water partition coefficient (Wildman–Crippen LogP) is 3.24. The molecule has 0 radical (unpaired) electrons. The first kappa shape index (κ1) is 16.1. The van der Waals surface area contributed by atoms with Gasteiger partial charge in [0.05, 0.1) is 18.6 Å². The summed E-state index contributed by atoms with van der Waals surface area (Å²) in [5.41, 5.74) is 0. The summed E-state index contributed by atoms with van der Waals surface area (Å²) in [5.74, 6) is 0.578. The van der Waals surface area contributed by atoms with E-state index in [2.05, 4.69) is 4.72 Å². The molecule has 1 N–H and O–H groups in total. The minimum atomic E-state index is -3.31. The van der Waals surface area contributed by atoms with Gasteiger partial charge >= 0.3 is 0 Å². The van der Waals surface area contributed by atoms with E-state index in [-0.39, 0.29) is 12.3 Å². The third-order valence-electron chi connectivity index (χ3n) is 2.17. The van der Waals surface area contributed by atoms with Gasteiger partial charge in [-0.15, -0.1) is 0 Å². The van der Waals surface area contributed by atoms with Gasteiger partial charge in [0.15, 0.2) is 3.79 Å². The number of unbranched alkanes of at least 4 members (excludes halogenated alkanes) is 1. The number of nitrogens with one attached hydrogen (secondary N) is 1. The van der Waals surface area contributed by atoms with E-state index >= 15 is 0 Å². The number of hydrogen-bond acceptors (Lipinski definition) is 3. The molecule has 8 heteroatoms. The van der Waals surface area contributed by atoms with Crippen LogP contribution >= 0.6 is 34.8 Å². The van der Waals surface area contributed by atoms with Crippen molar-refractivity contribution >= 4 is 44.8 Å². The van der Waals surface area contributed by atoms with E-state index in [4.69, 9.17) is 39.2 Å². The molecule has 1 aromatic rings. The largest absolute Gasteiger partial charge is 0.468 e. The van der Waals surface area contributed by atoms with Crippen molar-refractivity contribution in [3.05, 3.63) is 24.2 Å². The second-order valence-corrected chi connectivity index (χ2v) is 8.23. The topological polar surface area (TPSA) is 59.3 Å². The van der Waals surface area contributed by atoms with Gasteiger partial charge in [-0.3, -0.25) is 0 Å². The van der Waals surface area contributed by atoms with Crippen LogP contribution in [0.5, 0.6) is 0 Å². The van der Waals surface area contributed by atoms with Crippen molar-refractivity contribution in [3.8, 4) is 0 Å². The maximum Gasteiger partial charge on any atom is 0.212 e. The third kappa shape index (κ3) is 7.48. The van der Waals surface area contributed by atoms with Gasteiger partial charge in [-0.05, 0) is 31.4 Å². The summed E-state index contributed by atoms with van der Waals surface area (Å²) >= 11 is 16.7. The van der Waals surface area contributed by atoms with Gasteiger partial charge in [-0.2, -0.15) is 0 Å². The van der Waals surface area contributed by atoms with Crippen LogP contribution in [0.25, 0.3) is 0 Å². The Morgan fingerprint density at radius 2 is 2.00 bits per heavy atom. The molecule has 0 aliphatic rings. The van der Waals surface area contributed by atoms with Gasteiger partial charge in [0.1, 0.15) is 5.76 Å². The van der Waals surface area contributed by atoms with Gasteiger partial charge < -0.3 is 4.42 Å². The molecule has 0 saturated heterocycles. The van der Waals surface area contributed by atoms with Crippen molar-refractivity contribution < 1.29 is 12.8 Å². The molecule has 0 fully saturated rings. The highest BCUT2D eigenvalue weighted by Gasteiger charge is 2.19. The van der Waals surface area contributed by atoms with Crippen LogP contribution in [0.4, 0.5) is 0 Å². The number of alkyl halides is 3. The van der Waals surface area contributed by atoms with Gasteiger partial charge in [0.2, 0.25) is 10.0 Å². The fourth-order valence-electron chi connectivity index (χ4n) is 1.28. The average Bonchev–Trinajstić information content (AvgIpc) is 2.73. The van der Waals surface area contributed by atoms with Gasteiger partial charge in [-0.1, -0.05) is 34.8 Å². The predicted molar refractivity (Wildman–Crippen MR) is 73.5 cm³/mol. The quantitative estimate of drug-likeness (QED) is 0.615. The summed E-state index contributed by atoms with van der Waals surface area (Å²) in [7, 11) is -3.31. The molecular formula is C10H14Cl3NO3S. The van der Waals surface area contributed by atoms with Gasteiger partial charge in [0.25, 0.3) is 0 Å². The number of halogens is 3. The van der Waals surface area contributed by atoms with Crippen molar-refractivity contribution in [1.82, 2.24) is 4.72 Å². The standard InChI is InChI=1S/C10H14Cl3NO3S/c11-10(12,13)5-1-2-7-18(15,16)14-8-9-4-3-6-17-9/h3-4,6,14H,1-2,5,7-8H2. The Morgan fingerprint density at radius 1 is 1.28 bits per heavy atom. The number of sulfonamides is 1. The van der Waals surface area contributed by atoms with E-state index in [1.807, 2.05) is 0 Å². The Hall–Kier alpha value is 0.0600. The molecule has 0 atom stereocenters. The molecule has 0 saturated carbocycles. The van der Waals surface area contributed by atoms with Crippen molar-refractivity contribution in [2.75, 3.05) is 5.75 Å². The molecule has 4 nitrogen and oxygen atoms in total. The van der Waals surface area contributed by atoms with Crippen molar-refractivity contribution in [2.45, 2.75) is 29.6 Å². The van der Waals surface area contributed by atoms with Crippen LogP contribution in [0, 0.1) is 0 Å². The van der Waals surface area contributed by atoms with Crippen LogP contribution in [-0.2, 0) is 16.6 Å². The first-order valence-electron chi connectivity index (χ1n) is 5.35. The van der Waals surface area contributed by atoms with Crippen LogP contribution < -0.4 is 4.72 Å². The van der Waals surface area contributed by atoms with Crippen LogP contribution in [0.3, 0.4) is 0 Å². The van der Waals surface area contributed by atoms with E-state index in [1.54, 1.807) is 12.1 Å². The van der Waals surface area contributed by atoms with E-state index < -0.39 is 13.8 Å². The van der Waals surface area contributed by atoms with Crippen LogP contribution in [0.2, 0.25) is 0 Å². The molecule has 0 unspecified atom stereocenters.